The van der Waals surface area contributed by atoms with Crippen molar-refractivity contribution in [2.75, 3.05) is 41.0 Å². The SMILES string of the molecule is CCCNCc1ccc(OC)c(-c2ccc(O)c3c2CC(CC(CCO)C(CO)C(=O)CC(N)=O)CC3=O)c1.CNC.O.[HH].[HH]. The number of aromatic hydroxyl groups is 1. The first-order chi connectivity index (χ1) is 20.1. The molecule has 244 valence electrons. The molecule has 3 unspecified atom stereocenters. The van der Waals surface area contributed by atoms with E-state index in [0.29, 0.717) is 36.3 Å². The lowest BCUT2D eigenvalue weighted by atomic mass is 9.72. The molecule has 11 nitrogen and oxygen atoms in total. The van der Waals surface area contributed by atoms with Gasteiger partial charge < -0.3 is 41.9 Å². The Balaban J connectivity index is 0. The van der Waals surface area contributed by atoms with Gasteiger partial charge in [0.15, 0.2) is 5.78 Å². The number of nitrogens with one attached hydrogen (secondary N) is 2. The lowest BCUT2D eigenvalue weighted by Gasteiger charge is -2.32. The monoisotopic (exact) mass is 607 g/mol. The fraction of sp³-hybridized carbons (Fsp3) is 0.531. The summed E-state index contributed by atoms with van der Waals surface area (Å²) in [5.41, 5.74) is 8.86. The molecule has 0 bridgehead atoms. The Labute approximate surface area is 257 Å². The van der Waals surface area contributed by atoms with Crippen LogP contribution in [-0.4, -0.2) is 79.2 Å². The number of hydrogen-bond donors (Lipinski definition) is 6. The van der Waals surface area contributed by atoms with Crippen molar-refractivity contribution in [2.45, 2.75) is 52.0 Å². The minimum Gasteiger partial charge on any atom is -0.507 e. The molecule has 2 aromatic carbocycles. The third kappa shape index (κ3) is 10.4. The minimum absolute atomic E-state index is 0. The van der Waals surface area contributed by atoms with Crippen LogP contribution >= 0.6 is 0 Å². The number of phenolic OH excluding ortho intramolecular Hbond substituents is 1. The highest BCUT2D eigenvalue weighted by molar-refractivity contribution is 6.03. The Morgan fingerprint density at radius 1 is 1.14 bits per heavy atom. The molecule has 0 spiro atoms. The highest BCUT2D eigenvalue weighted by Crippen LogP contribution is 2.43. The molecule has 3 rings (SSSR count). The van der Waals surface area contributed by atoms with Gasteiger partial charge in [0.2, 0.25) is 5.91 Å². The largest absolute Gasteiger partial charge is 0.507 e. The average molecular weight is 608 g/mol. The maximum atomic E-state index is 13.3. The van der Waals surface area contributed by atoms with Crippen molar-refractivity contribution >= 4 is 17.5 Å². The molecule has 0 fully saturated rings. The molecular formula is C32H53N3O8. The maximum Gasteiger partial charge on any atom is 0.224 e. The fourth-order valence-corrected chi connectivity index (χ4v) is 5.68. The summed E-state index contributed by atoms with van der Waals surface area (Å²) in [6.07, 6.45) is 1.76. The number of amides is 1. The van der Waals surface area contributed by atoms with Crippen LogP contribution in [-0.2, 0) is 22.6 Å². The number of ether oxygens (including phenoxy) is 1. The Hall–Kier alpha value is -3.35. The molecule has 1 aliphatic carbocycles. The van der Waals surface area contributed by atoms with Crippen LogP contribution in [0.5, 0.6) is 11.5 Å². The van der Waals surface area contributed by atoms with E-state index in [4.69, 9.17) is 10.5 Å². The van der Waals surface area contributed by atoms with Gasteiger partial charge in [-0.05, 0) is 93.0 Å². The predicted molar refractivity (Wildman–Crippen MR) is 170 cm³/mol. The molecule has 0 radical (unpaired) electrons. The molecule has 11 heteroatoms. The maximum absolute atomic E-state index is 13.3. The molecule has 2 aromatic rings. The number of methoxy groups -OCH3 is 1. The zero-order valence-electron chi connectivity index (χ0n) is 25.7. The van der Waals surface area contributed by atoms with E-state index in [9.17, 15) is 29.7 Å². The number of Topliss-reactive ketones (excluding diaryl/α,β-unsaturated/α-hetero) is 2. The highest BCUT2D eigenvalue weighted by Gasteiger charge is 2.35. The van der Waals surface area contributed by atoms with Crippen molar-refractivity contribution in [3.8, 4) is 22.6 Å². The summed E-state index contributed by atoms with van der Waals surface area (Å²) in [6, 6.07) is 9.24. The minimum atomic E-state index is -0.864. The molecule has 43 heavy (non-hydrogen) atoms. The van der Waals surface area contributed by atoms with Crippen LogP contribution in [0, 0.1) is 17.8 Å². The molecule has 0 aromatic heterocycles. The second-order valence-corrected chi connectivity index (χ2v) is 10.8. The Bertz CT molecular complexity index is 1220. The summed E-state index contributed by atoms with van der Waals surface area (Å²) in [4.78, 5) is 37.3. The number of carbonyl (C=O) groups is 3. The number of ketones is 2. The number of phenols is 1. The van der Waals surface area contributed by atoms with E-state index in [1.165, 1.54) is 6.07 Å². The Morgan fingerprint density at radius 3 is 2.42 bits per heavy atom. The fourth-order valence-electron chi connectivity index (χ4n) is 5.68. The van der Waals surface area contributed by atoms with Gasteiger partial charge in [-0.3, -0.25) is 14.4 Å². The van der Waals surface area contributed by atoms with Gasteiger partial charge in [-0.2, -0.15) is 0 Å². The van der Waals surface area contributed by atoms with Crippen LogP contribution in [0.25, 0.3) is 11.1 Å². The van der Waals surface area contributed by atoms with Gasteiger partial charge in [0.05, 0.1) is 25.7 Å². The predicted octanol–water partition coefficient (Wildman–Crippen LogP) is 2.26. The van der Waals surface area contributed by atoms with Crippen molar-refractivity contribution in [1.82, 2.24) is 10.6 Å². The summed E-state index contributed by atoms with van der Waals surface area (Å²) < 4.78 is 5.66. The number of primary amides is 1. The molecule has 1 aliphatic rings. The summed E-state index contributed by atoms with van der Waals surface area (Å²) in [5.74, 6) is -2.37. The van der Waals surface area contributed by atoms with Crippen LogP contribution in [0.1, 0.15) is 63.4 Å². The number of carbonyl (C=O) groups excluding carboxylic acids is 3. The van der Waals surface area contributed by atoms with Crippen LogP contribution in [0.2, 0.25) is 0 Å². The zero-order chi connectivity index (χ0) is 31.2. The molecule has 3 atom stereocenters. The molecular weight excluding hydrogens is 554 g/mol. The van der Waals surface area contributed by atoms with E-state index in [0.717, 1.165) is 29.7 Å². The van der Waals surface area contributed by atoms with Crippen LogP contribution in [0.4, 0.5) is 0 Å². The second kappa shape index (κ2) is 19.0. The van der Waals surface area contributed by atoms with Crippen LogP contribution in [0.15, 0.2) is 30.3 Å². The Morgan fingerprint density at radius 2 is 1.84 bits per heavy atom. The number of rotatable bonds is 15. The first-order valence-electron chi connectivity index (χ1n) is 14.5. The molecule has 0 saturated carbocycles. The van der Waals surface area contributed by atoms with E-state index >= 15 is 0 Å². The third-order valence-electron chi connectivity index (χ3n) is 7.51. The smallest absolute Gasteiger partial charge is 0.224 e. The standard InChI is InChI=1S/C30H40N2O7.C2H7N.H2O.2H2/c1-3-9-32-16-18-4-7-28(39-2)22(12-18)21-5-6-25(35)30-23(21)13-19(14-27(30)37)11-20(8-10-33)24(17-34)26(36)15-29(31)38;1-3-2;;;/h4-7,12,19-20,24,32-35H,3,8-11,13-17H2,1-2H3,(H2,31,38);3H,1-2H3;1H2;2*1H. The molecule has 0 heterocycles. The zero-order valence-corrected chi connectivity index (χ0v) is 25.7. The first-order valence-corrected chi connectivity index (χ1v) is 14.5. The Kier molecular flexibility index (Phi) is 16.7. The van der Waals surface area contributed by atoms with Gasteiger partial charge in [-0.1, -0.05) is 19.1 Å². The molecule has 9 N–H and O–H groups in total. The lowest BCUT2D eigenvalue weighted by molar-refractivity contribution is -0.131. The topological polar surface area (TPSA) is 203 Å². The summed E-state index contributed by atoms with van der Waals surface area (Å²) in [6.45, 7) is 2.99. The van der Waals surface area contributed by atoms with Gasteiger partial charge in [-0.15, -0.1) is 0 Å². The van der Waals surface area contributed by atoms with Crippen molar-refractivity contribution in [3.63, 3.8) is 0 Å². The molecule has 0 saturated heterocycles. The van der Waals surface area contributed by atoms with E-state index in [2.05, 4.69) is 17.6 Å². The average Bonchev–Trinajstić information content (AvgIpc) is 2.93. The van der Waals surface area contributed by atoms with Gasteiger partial charge in [-0.25, -0.2) is 0 Å². The number of aliphatic hydroxyl groups is 2. The van der Waals surface area contributed by atoms with Crippen LogP contribution < -0.4 is 21.1 Å². The summed E-state index contributed by atoms with van der Waals surface area (Å²) in [7, 11) is 5.34. The van der Waals surface area contributed by atoms with Gasteiger partial charge in [0.25, 0.3) is 0 Å². The van der Waals surface area contributed by atoms with E-state index in [1.807, 2.05) is 32.3 Å². The van der Waals surface area contributed by atoms with Gasteiger partial charge in [0, 0.05) is 33.9 Å². The highest BCUT2D eigenvalue weighted by atomic mass is 16.5. The first kappa shape index (κ1) is 37.7. The van der Waals surface area contributed by atoms with Gasteiger partial charge >= 0.3 is 0 Å². The second-order valence-electron chi connectivity index (χ2n) is 10.8. The normalized spacial score (nSPS) is 15.3. The summed E-state index contributed by atoms with van der Waals surface area (Å²) >= 11 is 0. The van der Waals surface area contributed by atoms with Crippen molar-refractivity contribution in [1.29, 1.82) is 0 Å². The van der Waals surface area contributed by atoms with Crippen molar-refractivity contribution in [2.24, 2.45) is 23.5 Å². The van der Waals surface area contributed by atoms with Crippen molar-refractivity contribution < 1.29 is 42.8 Å². The number of nitrogens with two attached hydrogens (primary N) is 1. The molecule has 1 amide bonds. The van der Waals surface area contributed by atoms with E-state index in [-0.39, 0.29) is 45.2 Å². The van der Waals surface area contributed by atoms with E-state index in [1.54, 1.807) is 13.2 Å². The number of hydrogen-bond acceptors (Lipinski definition) is 9. The molecule has 0 aliphatic heterocycles. The van der Waals surface area contributed by atoms with Gasteiger partial charge in [0.1, 0.15) is 17.3 Å². The number of fused-ring (bicyclic) bond motifs is 1. The van der Waals surface area contributed by atoms with Crippen LogP contribution in [0.3, 0.4) is 0 Å². The van der Waals surface area contributed by atoms with Crippen molar-refractivity contribution in [3.05, 3.63) is 47.0 Å². The summed E-state index contributed by atoms with van der Waals surface area (Å²) in [5, 5.41) is 36.4. The van der Waals surface area contributed by atoms with E-state index < -0.39 is 36.6 Å². The number of aliphatic hydroxyl groups excluding tert-OH is 2. The third-order valence-corrected chi connectivity index (χ3v) is 7.51. The number of benzene rings is 2. The lowest BCUT2D eigenvalue weighted by Crippen LogP contribution is -2.33. The quantitative estimate of drug-likeness (QED) is 0.130.